The topological polar surface area (TPSA) is 24.8 Å². The molecule has 0 N–H and O–H groups in total. The van der Waals surface area contributed by atoms with Crippen molar-refractivity contribution < 1.29 is 4.74 Å². The van der Waals surface area contributed by atoms with E-state index < -0.39 is 0 Å². The molecule has 0 aliphatic carbocycles. The normalized spacial score (nSPS) is 21.7. The van der Waals surface area contributed by atoms with E-state index in [2.05, 4.69) is 52.9 Å². The summed E-state index contributed by atoms with van der Waals surface area (Å²) in [7, 11) is 0. The molecule has 2 aliphatic rings. The van der Waals surface area contributed by atoms with Crippen molar-refractivity contribution in [2.75, 3.05) is 0 Å². The van der Waals surface area contributed by atoms with E-state index in [-0.39, 0.29) is 12.3 Å². The number of para-hydroxylation sites is 1. The number of fused-ring (bicyclic) bond motifs is 3. The van der Waals surface area contributed by atoms with E-state index in [1.165, 1.54) is 10.4 Å². The number of hydrogen-bond donors (Lipinski definition) is 0. The second kappa shape index (κ2) is 5.49. The number of ether oxygens (including phenoxy) is 1. The maximum absolute atomic E-state index is 6.32. The summed E-state index contributed by atoms with van der Waals surface area (Å²) >= 11 is 1.75. The Bertz CT molecular complexity index is 889. The van der Waals surface area contributed by atoms with Gasteiger partial charge in [0.05, 0.1) is 16.6 Å². The Kier molecular flexibility index (Phi) is 3.16. The molecule has 3 heterocycles. The maximum atomic E-state index is 6.32. The van der Waals surface area contributed by atoms with Gasteiger partial charge in [-0.2, -0.15) is 5.10 Å². The molecule has 0 spiro atoms. The van der Waals surface area contributed by atoms with Gasteiger partial charge in [0.1, 0.15) is 5.75 Å². The molecule has 2 aliphatic heterocycles. The van der Waals surface area contributed by atoms with E-state index in [0.717, 1.165) is 23.4 Å². The zero-order valence-corrected chi connectivity index (χ0v) is 13.8. The highest BCUT2D eigenvalue weighted by Gasteiger charge is 2.40. The third-order valence-corrected chi connectivity index (χ3v) is 5.51. The fourth-order valence-electron chi connectivity index (χ4n) is 3.46. The van der Waals surface area contributed by atoms with Crippen LogP contribution in [-0.4, -0.2) is 10.7 Å². The Labute approximate surface area is 144 Å². The number of rotatable bonds is 2. The molecule has 118 valence electrons. The van der Waals surface area contributed by atoms with Crippen LogP contribution in [0.2, 0.25) is 0 Å². The first-order chi connectivity index (χ1) is 11.9. The molecule has 4 heteroatoms. The molecule has 2 atom stereocenters. The second-order valence-electron chi connectivity index (χ2n) is 6.04. The van der Waals surface area contributed by atoms with Crippen molar-refractivity contribution in [2.24, 2.45) is 5.10 Å². The van der Waals surface area contributed by atoms with Crippen LogP contribution in [0.25, 0.3) is 0 Å². The first kappa shape index (κ1) is 13.8. The third-order valence-electron chi connectivity index (χ3n) is 4.59. The minimum Gasteiger partial charge on any atom is -0.464 e. The van der Waals surface area contributed by atoms with E-state index in [1.807, 2.05) is 24.3 Å². The first-order valence-electron chi connectivity index (χ1n) is 8.10. The van der Waals surface area contributed by atoms with Crippen LogP contribution in [0, 0.1) is 0 Å². The number of nitrogens with zero attached hydrogens (tertiary/aromatic N) is 2. The lowest BCUT2D eigenvalue weighted by molar-refractivity contribution is -0.0190. The second-order valence-corrected chi connectivity index (χ2v) is 6.99. The van der Waals surface area contributed by atoms with Crippen LogP contribution in [0.1, 0.15) is 34.7 Å². The number of thiophene rings is 1. The summed E-state index contributed by atoms with van der Waals surface area (Å²) in [6.45, 7) is 0. The SMILES string of the molecule is c1ccc([C@H]2Oc3ccccc3[C@H]3CC(c4cccs4)=NN32)cc1. The fraction of sp³-hybridized carbons (Fsp3) is 0.150. The predicted octanol–water partition coefficient (Wildman–Crippen LogP) is 4.99. The van der Waals surface area contributed by atoms with Crippen LogP contribution in [0.4, 0.5) is 0 Å². The van der Waals surface area contributed by atoms with Crippen LogP contribution < -0.4 is 4.74 Å². The quantitative estimate of drug-likeness (QED) is 0.660. The molecule has 0 amide bonds. The van der Waals surface area contributed by atoms with Gasteiger partial charge in [-0.05, 0) is 17.5 Å². The van der Waals surface area contributed by atoms with Crippen LogP contribution in [0.15, 0.2) is 77.2 Å². The molecular weight excluding hydrogens is 316 g/mol. The van der Waals surface area contributed by atoms with E-state index in [1.54, 1.807) is 11.3 Å². The summed E-state index contributed by atoms with van der Waals surface area (Å²) in [5, 5.41) is 9.18. The summed E-state index contributed by atoms with van der Waals surface area (Å²) in [6, 6.07) is 23.1. The smallest absolute Gasteiger partial charge is 0.213 e. The van der Waals surface area contributed by atoms with Gasteiger partial charge in [-0.3, -0.25) is 0 Å². The Morgan fingerprint density at radius 2 is 1.79 bits per heavy atom. The van der Waals surface area contributed by atoms with E-state index in [0.29, 0.717) is 0 Å². The Balaban J connectivity index is 1.62. The Morgan fingerprint density at radius 3 is 2.62 bits per heavy atom. The Hall–Kier alpha value is -2.59. The first-order valence-corrected chi connectivity index (χ1v) is 8.98. The van der Waals surface area contributed by atoms with Gasteiger partial charge >= 0.3 is 0 Å². The minimum atomic E-state index is -0.177. The van der Waals surface area contributed by atoms with Crippen molar-refractivity contribution in [2.45, 2.75) is 18.7 Å². The van der Waals surface area contributed by atoms with Crippen LogP contribution in [-0.2, 0) is 0 Å². The van der Waals surface area contributed by atoms with Crippen molar-refractivity contribution >= 4 is 17.0 Å². The molecule has 3 aromatic rings. The molecule has 0 fully saturated rings. The largest absolute Gasteiger partial charge is 0.464 e. The lowest BCUT2D eigenvalue weighted by atomic mass is 9.98. The molecule has 0 saturated carbocycles. The maximum Gasteiger partial charge on any atom is 0.213 e. The zero-order valence-electron chi connectivity index (χ0n) is 13.0. The van der Waals surface area contributed by atoms with Crippen LogP contribution >= 0.6 is 11.3 Å². The molecule has 2 aromatic carbocycles. The van der Waals surface area contributed by atoms with Crippen molar-refractivity contribution in [3.05, 3.63) is 88.1 Å². The highest BCUT2D eigenvalue weighted by molar-refractivity contribution is 7.12. The minimum absolute atomic E-state index is 0.177. The zero-order chi connectivity index (χ0) is 15.9. The molecule has 24 heavy (non-hydrogen) atoms. The predicted molar refractivity (Wildman–Crippen MR) is 96.3 cm³/mol. The van der Waals surface area contributed by atoms with Crippen molar-refractivity contribution in [1.82, 2.24) is 5.01 Å². The molecule has 0 radical (unpaired) electrons. The van der Waals surface area contributed by atoms with Gasteiger partial charge in [0.2, 0.25) is 6.23 Å². The highest BCUT2D eigenvalue weighted by atomic mass is 32.1. The van der Waals surface area contributed by atoms with Crippen molar-refractivity contribution in [1.29, 1.82) is 0 Å². The van der Waals surface area contributed by atoms with Gasteiger partial charge in [-0.25, -0.2) is 5.01 Å². The lowest BCUT2D eigenvalue weighted by Crippen LogP contribution is -2.33. The van der Waals surface area contributed by atoms with Gasteiger partial charge in [-0.1, -0.05) is 54.6 Å². The number of hydrogen-bond acceptors (Lipinski definition) is 4. The molecule has 3 nitrogen and oxygen atoms in total. The summed E-state index contributed by atoms with van der Waals surface area (Å²) in [5.41, 5.74) is 3.50. The highest BCUT2D eigenvalue weighted by Crippen LogP contribution is 2.47. The van der Waals surface area contributed by atoms with Crippen molar-refractivity contribution in [3.63, 3.8) is 0 Å². The van der Waals surface area contributed by atoms with Gasteiger partial charge in [0, 0.05) is 17.5 Å². The molecular formula is C20H16N2OS. The lowest BCUT2D eigenvalue weighted by Gasteiger charge is -2.38. The summed E-state index contributed by atoms with van der Waals surface area (Å²) in [6.07, 6.45) is 0.744. The van der Waals surface area contributed by atoms with E-state index in [9.17, 15) is 0 Å². The standard InChI is InChI=1S/C20H16N2OS/c1-2-7-14(8-3-1)20-22-17(15-9-4-5-10-18(15)23-20)13-16(21-22)19-11-6-12-24-19/h1-12,17,20H,13H2/t17-,20-/m1/s1. The third kappa shape index (κ3) is 2.14. The molecule has 5 rings (SSSR count). The van der Waals surface area contributed by atoms with Gasteiger partial charge in [0.25, 0.3) is 0 Å². The van der Waals surface area contributed by atoms with E-state index >= 15 is 0 Å². The van der Waals surface area contributed by atoms with Gasteiger partial charge < -0.3 is 4.74 Å². The van der Waals surface area contributed by atoms with Crippen LogP contribution in [0.3, 0.4) is 0 Å². The van der Waals surface area contributed by atoms with Gasteiger partial charge in [-0.15, -0.1) is 11.3 Å². The average Bonchev–Trinajstić information content (AvgIpc) is 3.31. The summed E-state index contributed by atoms with van der Waals surface area (Å²) in [4.78, 5) is 1.24. The number of benzene rings is 2. The monoisotopic (exact) mass is 332 g/mol. The van der Waals surface area contributed by atoms with Crippen molar-refractivity contribution in [3.8, 4) is 5.75 Å². The molecule has 0 saturated heterocycles. The Morgan fingerprint density at radius 1 is 0.958 bits per heavy atom. The fourth-order valence-corrected chi connectivity index (χ4v) is 4.18. The molecule has 1 aromatic heterocycles. The summed E-state index contributed by atoms with van der Waals surface area (Å²) < 4.78 is 6.32. The average molecular weight is 332 g/mol. The van der Waals surface area contributed by atoms with Gasteiger partial charge in [0.15, 0.2) is 0 Å². The summed E-state index contributed by atoms with van der Waals surface area (Å²) in [5.74, 6) is 0.968. The molecule has 0 unspecified atom stereocenters. The molecule has 0 bridgehead atoms. The van der Waals surface area contributed by atoms with Crippen LogP contribution in [0.5, 0.6) is 5.75 Å². The number of hydrazone groups is 1. The van der Waals surface area contributed by atoms with E-state index in [4.69, 9.17) is 9.84 Å².